The van der Waals surface area contributed by atoms with Crippen LogP contribution in [0.3, 0.4) is 0 Å². The molecule has 2 N–H and O–H groups in total. The van der Waals surface area contributed by atoms with Crippen molar-refractivity contribution < 1.29 is 5.11 Å². The Hall–Kier alpha value is -2.47. The van der Waals surface area contributed by atoms with Crippen molar-refractivity contribution in [2.75, 3.05) is 18.5 Å². The normalized spacial score (nSPS) is 11.0. The molecular formula is C15H17N5O. The van der Waals surface area contributed by atoms with Gasteiger partial charge in [-0.3, -0.25) is 4.40 Å². The number of aryl methyl sites for hydroxylation is 2. The number of hydrogen-bond acceptors (Lipinski definition) is 5. The molecule has 0 amide bonds. The molecule has 1 aromatic carbocycles. The van der Waals surface area contributed by atoms with E-state index < -0.39 is 0 Å². The summed E-state index contributed by atoms with van der Waals surface area (Å²) in [7, 11) is 0. The highest BCUT2D eigenvalue weighted by molar-refractivity contribution is 5.62. The molecule has 0 aliphatic rings. The Morgan fingerprint density at radius 3 is 2.62 bits per heavy atom. The summed E-state index contributed by atoms with van der Waals surface area (Å²) in [6, 6.07) is 9.90. The van der Waals surface area contributed by atoms with Crippen LogP contribution in [-0.4, -0.2) is 37.8 Å². The zero-order valence-corrected chi connectivity index (χ0v) is 12.0. The van der Waals surface area contributed by atoms with Crippen LogP contribution >= 0.6 is 0 Å². The van der Waals surface area contributed by atoms with E-state index in [1.54, 1.807) is 0 Å². The van der Waals surface area contributed by atoms with Gasteiger partial charge in [0.25, 0.3) is 5.78 Å². The molecule has 0 fully saturated rings. The van der Waals surface area contributed by atoms with Crippen molar-refractivity contribution in [2.45, 2.75) is 13.8 Å². The highest BCUT2D eigenvalue weighted by Crippen LogP contribution is 2.21. The van der Waals surface area contributed by atoms with Crippen molar-refractivity contribution in [2.24, 2.45) is 0 Å². The van der Waals surface area contributed by atoms with Gasteiger partial charge in [0.1, 0.15) is 0 Å². The Bertz CT molecular complexity index is 764. The minimum absolute atomic E-state index is 0.112. The highest BCUT2D eigenvalue weighted by Gasteiger charge is 2.11. The molecule has 6 nitrogen and oxygen atoms in total. The summed E-state index contributed by atoms with van der Waals surface area (Å²) in [5.41, 5.74) is 3.93. The summed E-state index contributed by atoms with van der Waals surface area (Å²) >= 11 is 0. The largest absolute Gasteiger partial charge is 0.395 e. The van der Waals surface area contributed by atoms with E-state index in [4.69, 9.17) is 5.11 Å². The fourth-order valence-electron chi connectivity index (χ4n) is 2.35. The minimum Gasteiger partial charge on any atom is -0.395 e. The van der Waals surface area contributed by atoms with Crippen LogP contribution in [-0.2, 0) is 0 Å². The summed E-state index contributed by atoms with van der Waals surface area (Å²) in [6.45, 7) is 4.62. The van der Waals surface area contributed by atoms with Crippen molar-refractivity contribution in [3.05, 3.63) is 41.7 Å². The molecule has 6 heteroatoms. The first-order chi connectivity index (χ1) is 10.2. The van der Waals surface area contributed by atoms with E-state index in [0.717, 1.165) is 28.5 Å². The summed E-state index contributed by atoms with van der Waals surface area (Å²) < 4.78 is 1.95. The fraction of sp³-hybridized carbons (Fsp3) is 0.267. The third-order valence-electron chi connectivity index (χ3n) is 3.28. The molecule has 0 atom stereocenters. The molecule has 0 unspecified atom stereocenters. The maximum atomic E-state index is 8.81. The number of aromatic nitrogens is 4. The third kappa shape index (κ3) is 2.57. The van der Waals surface area contributed by atoms with Gasteiger partial charge in [-0.15, -0.1) is 10.2 Å². The molecule has 0 saturated carbocycles. The molecule has 2 aromatic heterocycles. The van der Waals surface area contributed by atoms with Gasteiger partial charge in [-0.05, 0) is 44.2 Å². The van der Waals surface area contributed by atoms with E-state index in [9.17, 15) is 0 Å². The standard InChI is InChI=1S/C15H17N5O/c1-10-9-11(2)20-14(18-19-15(20)17-10)12-3-5-13(6-4-12)16-7-8-21/h3-6,9,16,21H,7-8H2,1-2H3. The van der Waals surface area contributed by atoms with Crippen LogP contribution in [0.25, 0.3) is 17.2 Å². The molecule has 2 heterocycles. The van der Waals surface area contributed by atoms with Crippen LogP contribution in [0.5, 0.6) is 0 Å². The average Bonchev–Trinajstić information content (AvgIpc) is 2.89. The minimum atomic E-state index is 0.112. The highest BCUT2D eigenvalue weighted by atomic mass is 16.3. The van der Waals surface area contributed by atoms with Gasteiger partial charge in [-0.1, -0.05) is 0 Å². The molecule has 0 aliphatic carbocycles. The average molecular weight is 283 g/mol. The van der Waals surface area contributed by atoms with E-state index >= 15 is 0 Å². The van der Waals surface area contributed by atoms with Crippen molar-refractivity contribution in [1.29, 1.82) is 0 Å². The lowest BCUT2D eigenvalue weighted by Gasteiger charge is -2.07. The zero-order valence-electron chi connectivity index (χ0n) is 12.0. The Labute approximate surface area is 122 Å². The number of anilines is 1. The number of nitrogens with one attached hydrogen (secondary N) is 1. The SMILES string of the molecule is Cc1cc(C)n2c(-c3ccc(NCCO)cc3)nnc2n1. The van der Waals surface area contributed by atoms with Gasteiger partial charge in [0.15, 0.2) is 5.82 Å². The molecule has 0 radical (unpaired) electrons. The first-order valence-electron chi connectivity index (χ1n) is 6.83. The third-order valence-corrected chi connectivity index (χ3v) is 3.28. The van der Waals surface area contributed by atoms with Crippen molar-refractivity contribution in [1.82, 2.24) is 19.6 Å². The van der Waals surface area contributed by atoms with E-state index in [1.807, 2.05) is 48.6 Å². The van der Waals surface area contributed by atoms with Crippen LogP contribution in [0.15, 0.2) is 30.3 Å². The van der Waals surface area contributed by atoms with E-state index in [1.165, 1.54) is 0 Å². The Morgan fingerprint density at radius 2 is 1.90 bits per heavy atom. The zero-order chi connectivity index (χ0) is 14.8. The van der Waals surface area contributed by atoms with Gasteiger partial charge in [-0.2, -0.15) is 0 Å². The first-order valence-corrected chi connectivity index (χ1v) is 6.83. The number of benzene rings is 1. The van der Waals surface area contributed by atoms with Crippen LogP contribution < -0.4 is 5.32 Å². The molecule has 108 valence electrons. The molecule has 3 aromatic rings. The Balaban J connectivity index is 2.00. The predicted octanol–water partition coefficient (Wildman–Crippen LogP) is 1.81. The monoisotopic (exact) mass is 283 g/mol. The number of fused-ring (bicyclic) bond motifs is 1. The van der Waals surface area contributed by atoms with Crippen LogP contribution in [0.2, 0.25) is 0 Å². The second-order valence-corrected chi connectivity index (χ2v) is 4.93. The fourth-order valence-corrected chi connectivity index (χ4v) is 2.35. The summed E-state index contributed by atoms with van der Waals surface area (Å²) in [5, 5.41) is 20.3. The van der Waals surface area contributed by atoms with Gasteiger partial charge in [0.2, 0.25) is 0 Å². The smallest absolute Gasteiger partial charge is 0.255 e. The lowest BCUT2D eigenvalue weighted by Crippen LogP contribution is -2.05. The topological polar surface area (TPSA) is 75.3 Å². The van der Waals surface area contributed by atoms with Crippen molar-refractivity contribution in [3.8, 4) is 11.4 Å². The molecule has 0 bridgehead atoms. The summed E-state index contributed by atoms with van der Waals surface area (Å²) in [4.78, 5) is 4.39. The first kappa shape index (κ1) is 13.5. The van der Waals surface area contributed by atoms with Crippen molar-refractivity contribution >= 4 is 11.5 Å². The summed E-state index contributed by atoms with van der Waals surface area (Å²) in [6.07, 6.45) is 0. The maximum Gasteiger partial charge on any atom is 0.255 e. The molecular weight excluding hydrogens is 266 g/mol. The number of rotatable bonds is 4. The summed E-state index contributed by atoms with van der Waals surface area (Å²) in [5.74, 6) is 1.40. The van der Waals surface area contributed by atoms with Crippen molar-refractivity contribution in [3.63, 3.8) is 0 Å². The van der Waals surface area contributed by atoms with E-state index in [-0.39, 0.29) is 6.61 Å². The van der Waals surface area contributed by atoms with Gasteiger partial charge in [-0.25, -0.2) is 4.98 Å². The lowest BCUT2D eigenvalue weighted by atomic mass is 10.2. The van der Waals surface area contributed by atoms with Crippen LogP contribution in [0.4, 0.5) is 5.69 Å². The van der Waals surface area contributed by atoms with Gasteiger partial charge < -0.3 is 10.4 Å². The molecule has 3 rings (SSSR count). The molecule has 0 aliphatic heterocycles. The van der Waals surface area contributed by atoms with Crippen LogP contribution in [0.1, 0.15) is 11.4 Å². The Kier molecular flexibility index (Phi) is 3.53. The van der Waals surface area contributed by atoms with Gasteiger partial charge in [0.05, 0.1) is 6.61 Å². The predicted molar refractivity (Wildman–Crippen MR) is 81.3 cm³/mol. The number of aliphatic hydroxyl groups excluding tert-OH is 1. The number of aliphatic hydroxyl groups is 1. The molecule has 21 heavy (non-hydrogen) atoms. The maximum absolute atomic E-state index is 8.81. The van der Waals surface area contributed by atoms with Gasteiger partial charge >= 0.3 is 0 Å². The quantitative estimate of drug-likeness (QED) is 0.764. The number of nitrogens with zero attached hydrogens (tertiary/aromatic N) is 4. The molecule has 0 saturated heterocycles. The van der Waals surface area contributed by atoms with E-state index in [2.05, 4.69) is 20.5 Å². The second kappa shape index (κ2) is 5.49. The molecule has 0 spiro atoms. The number of hydrogen-bond donors (Lipinski definition) is 2. The van der Waals surface area contributed by atoms with Gasteiger partial charge in [0, 0.05) is 29.2 Å². The Morgan fingerprint density at radius 1 is 1.14 bits per heavy atom. The van der Waals surface area contributed by atoms with E-state index in [0.29, 0.717) is 12.3 Å². The van der Waals surface area contributed by atoms with Crippen LogP contribution in [0, 0.1) is 13.8 Å². The lowest BCUT2D eigenvalue weighted by molar-refractivity contribution is 0.311. The second-order valence-electron chi connectivity index (χ2n) is 4.93.